The first kappa shape index (κ1) is 25.8. The molecule has 2 aliphatic rings. The standard InChI is InChI=1S/C31H33ClN4O3/c1-31(2,3)38-30(37)39-35-18-23-17-24(32)15-16-27(23)36-28(19-35)33-34-29(36)22-13-11-21(12-14-22)26-10-6-8-20-7-4-5-9-25(20)26/h4-10,15-17,21-22H,11-14,18-19H2,1-3H3/t21-,22-. The molecule has 0 atom stereocenters. The van der Waals surface area contributed by atoms with Crippen molar-refractivity contribution in [3.63, 3.8) is 0 Å². The highest BCUT2D eigenvalue weighted by molar-refractivity contribution is 6.30. The smallest absolute Gasteiger partial charge is 0.427 e. The number of benzene rings is 3. The Bertz CT molecular complexity index is 1510. The molecule has 1 aliphatic carbocycles. The van der Waals surface area contributed by atoms with Crippen molar-refractivity contribution in [1.82, 2.24) is 19.8 Å². The van der Waals surface area contributed by atoms with Crippen molar-refractivity contribution in [3.05, 3.63) is 88.5 Å². The van der Waals surface area contributed by atoms with Crippen LogP contribution in [0.15, 0.2) is 60.7 Å². The molecule has 2 heterocycles. The van der Waals surface area contributed by atoms with Gasteiger partial charge in [0.25, 0.3) is 0 Å². The molecule has 1 saturated carbocycles. The van der Waals surface area contributed by atoms with E-state index in [2.05, 4.69) is 57.2 Å². The first-order valence-corrected chi connectivity index (χ1v) is 14.0. The van der Waals surface area contributed by atoms with Gasteiger partial charge in [0, 0.05) is 10.9 Å². The first-order chi connectivity index (χ1) is 18.7. The highest BCUT2D eigenvalue weighted by Crippen LogP contribution is 2.43. The predicted octanol–water partition coefficient (Wildman–Crippen LogP) is 7.70. The van der Waals surface area contributed by atoms with E-state index in [9.17, 15) is 4.79 Å². The number of carbonyl (C=O) groups excluding carboxylic acids is 1. The van der Waals surface area contributed by atoms with Crippen LogP contribution in [0.4, 0.5) is 4.79 Å². The quantitative estimate of drug-likeness (QED) is 0.246. The number of hydrogen-bond acceptors (Lipinski definition) is 6. The van der Waals surface area contributed by atoms with Gasteiger partial charge in [0.2, 0.25) is 0 Å². The molecule has 7 nitrogen and oxygen atoms in total. The number of halogens is 1. The van der Waals surface area contributed by atoms with E-state index in [4.69, 9.17) is 21.2 Å². The number of aromatic nitrogens is 3. The zero-order chi connectivity index (χ0) is 27.1. The number of nitrogens with zero attached hydrogens (tertiary/aromatic N) is 4. The molecule has 3 aromatic carbocycles. The minimum Gasteiger partial charge on any atom is -0.427 e. The molecule has 0 unspecified atom stereocenters. The first-order valence-electron chi connectivity index (χ1n) is 13.6. The van der Waals surface area contributed by atoms with Crippen molar-refractivity contribution in [1.29, 1.82) is 0 Å². The van der Waals surface area contributed by atoms with Gasteiger partial charge >= 0.3 is 6.16 Å². The lowest BCUT2D eigenvalue weighted by molar-refractivity contribution is -0.155. The third kappa shape index (κ3) is 5.38. The minimum absolute atomic E-state index is 0.291. The molecular formula is C31H33ClN4O3. The summed E-state index contributed by atoms with van der Waals surface area (Å²) in [5.41, 5.74) is 2.71. The van der Waals surface area contributed by atoms with Crippen LogP contribution in [-0.2, 0) is 22.7 Å². The average Bonchev–Trinajstić information content (AvgIpc) is 3.24. The Kier molecular flexibility index (Phi) is 6.81. The molecule has 6 rings (SSSR count). The zero-order valence-corrected chi connectivity index (χ0v) is 23.3. The van der Waals surface area contributed by atoms with Gasteiger partial charge < -0.3 is 9.57 Å². The van der Waals surface area contributed by atoms with Gasteiger partial charge in [-0.25, -0.2) is 4.79 Å². The fourth-order valence-corrected chi connectivity index (χ4v) is 6.16. The highest BCUT2D eigenvalue weighted by atomic mass is 35.5. The van der Waals surface area contributed by atoms with E-state index in [1.54, 1.807) is 5.06 Å². The van der Waals surface area contributed by atoms with Crippen LogP contribution in [0.2, 0.25) is 5.02 Å². The minimum atomic E-state index is -0.744. The largest absolute Gasteiger partial charge is 0.528 e. The fraction of sp³-hybridized carbons (Fsp3) is 0.387. The molecule has 0 amide bonds. The molecule has 4 aromatic rings. The Morgan fingerprint density at radius 1 is 0.923 bits per heavy atom. The van der Waals surface area contributed by atoms with E-state index in [0.717, 1.165) is 48.6 Å². The van der Waals surface area contributed by atoms with Crippen molar-refractivity contribution >= 4 is 28.5 Å². The molecule has 0 bridgehead atoms. The SMILES string of the molecule is CC(C)(C)OC(=O)ON1Cc2cc(Cl)ccc2-n2c(nnc2[C@H]2CC[C@H](c3cccc4ccccc43)CC2)C1. The monoisotopic (exact) mass is 544 g/mol. The number of carbonyl (C=O) groups is 1. The summed E-state index contributed by atoms with van der Waals surface area (Å²) in [6.45, 7) is 6.09. The molecule has 0 radical (unpaired) electrons. The Balaban J connectivity index is 1.26. The van der Waals surface area contributed by atoms with Gasteiger partial charge in [0.05, 0.1) is 18.8 Å². The number of ether oxygens (including phenoxy) is 1. The summed E-state index contributed by atoms with van der Waals surface area (Å²) in [6, 6.07) is 21.1. The van der Waals surface area contributed by atoms with Gasteiger partial charge in [-0.1, -0.05) is 54.1 Å². The van der Waals surface area contributed by atoms with Crippen molar-refractivity contribution in [2.24, 2.45) is 0 Å². The third-order valence-electron chi connectivity index (χ3n) is 7.65. The predicted molar refractivity (Wildman–Crippen MR) is 151 cm³/mol. The molecule has 0 spiro atoms. The van der Waals surface area contributed by atoms with Gasteiger partial charge in [0.15, 0.2) is 5.82 Å². The molecule has 0 saturated heterocycles. The van der Waals surface area contributed by atoms with Gasteiger partial charge in [-0.05, 0) is 92.5 Å². The van der Waals surface area contributed by atoms with E-state index in [1.165, 1.54) is 16.3 Å². The Labute approximate surface area is 233 Å². The maximum Gasteiger partial charge on any atom is 0.528 e. The summed E-state index contributed by atoms with van der Waals surface area (Å²) in [5, 5.41) is 14.1. The molecule has 1 aromatic heterocycles. The van der Waals surface area contributed by atoms with E-state index in [1.807, 2.05) is 39.0 Å². The number of hydroxylamine groups is 2. The van der Waals surface area contributed by atoms with E-state index in [0.29, 0.717) is 29.9 Å². The van der Waals surface area contributed by atoms with Crippen LogP contribution in [0.1, 0.15) is 81.1 Å². The van der Waals surface area contributed by atoms with Crippen molar-refractivity contribution < 1.29 is 14.4 Å². The Hall–Kier alpha value is -3.42. The lowest BCUT2D eigenvalue weighted by atomic mass is 9.77. The Morgan fingerprint density at radius 2 is 1.67 bits per heavy atom. The summed E-state index contributed by atoms with van der Waals surface area (Å²) in [4.78, 5) is 18.1. The van der Waals surface area contributed by atoms with Crippen LogP contribution in [0, 0.1) is 0 Å². The maximum absolute atomic E-state index is 12.5. The van der Waals surface area contributed by atoms with E-state index >= 15 is 0 Å². The van der Waals surface area contributed by atoms with Crippen LogP contribution in [-0.4, -0.2) is 31.6 Å². The summed E-state index contributed by atoms with van der Waals surface area (Å²) in [7, 11) is 0. The molecule has 1 fully saturated rings. The van der Waals surface area contributed by atoms with E-state index in [-0.39, 0.29) is 0 Å². The molecular weight excluding hydrogens is 512 g/mol. The van der Waals surface area contributed by atoms with Crippen molar-refractivity contribution in [3.8, 4) is 5.69 Å². The molecule has 8 heteroatoms. The zero-order valence-electron chi connectivity index (χ0n) is 22.6. The number of fused-ring (bicyclic) bond motifs is 4. The fourth-order valence-electron chi connectivity index (χ4n) is 5.97. The molecule has 0 N–H and O–H groups in total. The average molecular weight is 545 g/mol. The molecule has 39 heavy (non-hydrogen) atoms. The van der Waals surface area contributed by atoms with Crippen LogP contribution >= 0.6 is 11.6 Å². The van der Waals surface area contributed by atoms with Crippen LogP contribution < -0.4 is 0 Å². The number of hydrogen-bond donors (Lipinski definition) is 0. The van der Waals surface area contributed by atoms with Gasteiger partial charge in [-0.15, -0.1) is 15.3 Å². The van der Waals surface area contributed by atoms with Crippen LogP contribution in [0.5, 0.6) is 0 Å². The second-order valence-corrected chi connectivity index (χ2v) is 12.0. The van der Waals surface area contributed by atoms with Gasteiger partial charge in [-0.2, -0.15) is 0 Å². The second kappa shape index (κ2) is 10.3. The molecule has 202 valence electrons. The highest BCUT2D eigenvalue weighted by Gasteiger charge is 2.32. The van der Waals surface area contributed by atoms with Crippen molar-refractivity contribution in [2.75, 3.05) is 0 Å². The topological polar surface area (TPSA) is 69.5 Å². The Morgan fingerprint density at radius 3 is 2.46 bits per heavy atom. The third-order valence-corrected chi connectivity index (χ3v) is 7.89. The lowest BCUT2D eigenvalue weighted by Gasteiger charge is -2.29. The maximum atomic E-state index is 12.5. The summed E-state index contributed by atoms with van der Waals surface area (Å²) in [5.74, 6) is 2.51. The normalized spacial score (nSPS) is 19.7. The second-order valence-electron chi connectivity index (χ2n) is 11.6. The van der Waals surface area contributed by atoms with Gasteiger partial charge in [-0.3, -0.25) is 4.57 Å². The van der Waals surface area contributed by atoms with Crippen molar-refractivity contribution in [2.45, 2.75) is 77.0 Å². The summed E-state index contributed by atoms with van der Waals surface area (Å²) < 4.78 is 7.53. The van der Waals surface area contributed by atoms with Crippen LogP contribution in [0.25, 0.3) is 16.5 Å². The summed E-state index contributed by atoms with van der Waals surface area (Å²) >= 11 is 6.38. The van der Waals surface area contributed by atoms with Crippen LogP contribution in [0.3, 0.4) is 0 Å². The number of rotatable bonds is 3. The molecule has 1 aliphatic heterocycles. The lowest BCUT2D eigenvalue weighted by Crippen LogP contribution is -2.31. The summed E-state index contributed by atoms with van der Waals surface area (Å²) in [6.07, 6.45) is 3.52. The van der Waals surface area contributed by atoms with Gasteiger partial charge in [0.1, 0.15) is 11.4 Å². The van der Waals surface area contributed by atoms with E-state index < -0.39 is 11.8 Å².